The van der Waals surface area contributed by atoms with Gasteiger partial charge in [-0.2, -0.15) is 0 Å². The zero-order chi connectivity index (χ0) is 8.48. The van der Waals surface area contributed by atoms with Gasteiger partial charge in [-0.1, -0.05) is 0 Å². The van der Waals surface area contributed by atoms with Crippen molar-refractivity contribution in [1.82, 2.24) is 0 Å². The molecule has 0 fully saturated rings. The molecule has 60 valence electrons. The molecule has 0 aliphatic heterocycles. The van der Waals surface area contributed by atoms with Crippen molar-refractivity contribution in [3.8, 4) is 0 Å². The molecule has 0 saturated heterocycles. The summed E-state index contributed by atoms with van der Waals surface area (Å²) in [5, 5.41) is 0. The molecule has 1 aromatic carbocycles. The van der Waals surface area contributed by atoms with E-state index in [0.717, 1.165) is 0 Å². The molecule has 0 radical (unpaired) electrons. The summed E-state index contributed by atoms with van der Waals surface area (Å²) < 4.78 is 1.52. The van der Waals surface area contributed by atoms with Crippen molar-refractivity contribution in [2.45, 2.75) is 19.7 Å². The van der Waals surface area contributed by atoms with E-state index in [-0.39, 0.29) is 0 Å². The Labute approximate surface area is 78.3 Å². The van der Waals surface area contributed by atoms with Gasteiger partial charge in [-0.25, -0.2) is 0 Å². The second-order valence-corrected chi connectivity index (χ2v) is 18.6. The van der Waals surface area contributed by atoms with Gasteiger partial charge in [0.2, 0.25) is 0 Å². The summed E-state index contributed by atoms with van der Waals surface area (Å²) in [6, 6.07) is 8.46. The summed E-state index contributed by atoms with van der Waals surface area (Å²) in [5.41, 5.74) is 0. The van der Waals surface area contributed by atoms with Crippen molar-refractivity contribution in [2.75, 3.05) is 0 Å². The molecule has 0 heterocycles. The Morgan fingerprint density at radius 1 is 1.09 bits per heavy atom. The molecule has 0 spiro atoms. The first-order chi connectivity index (χ1) is 5.02. The predicted molar refractivity (Wildman–Crippen MR) is 56.7 cm³/mol. The van der Waals surface area contributed by atoms with Crippen LogP contribution in [0.15, 0.2) is 29.2 Å². The van der Waals surface area contributed by atoms with Gasteiger partial charge < -0.3 is 0 Å². The van der Waals surface area contributed by atoms with Crippen molar-refractivity contribution < 1.29 is 0 Å². The Morgan fingerprint density at radius 3 is 2.00 bits per heavy atom. The molecular weight excluding hydrogens is 259 g/mol. The molecule has 0 amide bonds. The monoisotopic (exact) mass is 274 g/mol. The molecule has 11 heavy (non-hydrogen) atoms. The van der Waals surface area contributed by atoms with Crippen molar-refractivity contribution >= 4 is 34.6 Å². The molecule has 0 aliphatic carbocycles. The number of hydrogen-bond acceptors (Lipinski definition) is 1. The molecule has 0 atom stereocenters. The van der Waals surface area contributed by atoms with Crippen molar-refractivity contribution in [3.05, 3.63) is 24.3 Å². The molecule has 2 heteroatoms. The van der Waals surface area contributed by atoms with Crippen LogP contribution in [0.1, 0.15) is 0 Å². The zero-order valence-electron chi connectivity index (χ0n) is 7.26. The van der Waals surface area contributed by atoms with E-state index in [9.17, 15) is 0 Å². The summed E-state index contributed by atoms with van der Waals surface area (Å²) in [6.45, 7) is 0. The Balaban J connectivity index is 3.14. The third-order valence-corrected chi connectivity index (χ3v) is 8.56. The van der Waals surface area contributed by atoms with Crippen molar-refractivity contribution in [1.29, 1.82) is 0 Å². The molecule has 0 nitrogen and oxygen atoms in total. The van der Waals surface area contributed by atoms with Gasteiger partial charge in [-0.15, -0.1) is 0 Å². The molecule has 0 N–H and O–H groups in total. The second-order valence-electron chi connectivity index (χ2n) is 3.77. The van der Waals surface area contributed by atoms with Crippen LogP contribution in [0.4, 0.5) is 0 Å². The molecule has 0 aliphatic rings. The number of benzene rings is 1. The molecule has 0 unspecified atom stereocenters. The van der Waals surface area contributed by atoms with Gasteiger partial charge in [0.05, 0.1) is 0 Å². The van der Waals surface area contributed by atoms with E-state index >= 15 is 0 Å². The molecule has 0 bridgehead atoms. The van der Waals surface area contributed by atoms with Gasteiger partial charge >= 0.3 is 78.6 Å². The van der Waals surface area contributed by atoms with Crippen LogP contribution in [0.5, 0.6) is 0 Å². The van der Waals surface area contributed by atoms with Crippen LogP contribution in [0.3, 0.4) is 0 Å². The molecular formula is C9H14SSn. The van der Waals surface area contributed by atoms with Crippen LogP contribution in [-0.2, 0) is 0 Å². The van der Waals surface area contributed by atoms with E-state index in [0.29, 0.717) is 0 Å². The quantitative estimate of drug-likeness (QED) is 0.590. The average Bonchev–Trinajstić information content (AvgIpc) is 1.86. The summed E-state index contributed by atoms with van der Waals surface area (Å²) in [4.78, 5) is 8.40. The average molecular weight is 273 g/mol. The predicted octanol–water partition coefficient (Wildman–Crippen LogP) is 2.52. The first-order valence-electron chi connectivity index (χ1n) is 3.80. The van der Waals surface area contributed by atoms with E-state index in [1.54, 1.807) is 0 Å². The summed E-state index contributed by atoms with van der Waals surface area (Å²) in [5.74, 6) is 0. The molecule has 1 rings (SSSR count). The summed E-state index contributed by atoms with van der Waals surface area (Å²) in [7, 11) is 0. The molecule has 1 aromatic rings. The van der Waals surface area contributed by atoms with E-state index in [1.165, 1.54) is 8.47 Å². The Bertz CT molecular complexity index is 250. The fraction of sp³-hybridized carbons (Fsp3) is 0.333. The van der Waals surface area contributed by atoms with Crippen LogP contribution in [0.2, 0.25) is 14.8 Å². The van der Waals surface area contributed by atoms with Gasteiger partial charge in [0.1, 0.15) is 0 Å². The van der Waals surface area contributed by atoms with Gasteiger partial charge in [-0.05, 0) is 0 Å². The van der Waals surface area contributed by atoms with E-state index < -0.39 is 18.4 Å². The third kappa shape index (κ3) is 2.41. The number of thiol groups is 1. The maximum absolute atomic E-state index is 4.44. The minimum atomic E-state index is -1.85. The normalized spacial score (nSPS) is 11.6. The van der Waals surface area contributed by atoms with Crippen LogP contribution < -0.4 is 3.58 Å². The van der Waals surface area contributed by atoms with Gasteiger partial charge in [-0.3, -0.25) is 0 Å². The van der Waals surface area contributed by atoms with Crippen molar-refractivity contribution in [3.63, 3.8) is 0 Å². The second kappa shape index (κ2) is 3.40. The zero-order valence-corrected chi connectivity index (χ0v) is 11.0. The molecule has 0 saturated carbocycles. The maximum atomic E-state index is 4.44. The van der Waals surface area contributed by atoms with E-state index in [1.807, 2.05) is 6.07 Å². The summed E-state index contributed by atoms with van der Waals surface area (Å²) in [6.07, 6.45) is 0. The Hall–Kier alpha value is 0.369. The first-order valence-corrected chi connectivity index (χ1v) is 14.2. The standard InChI is InChI=1S/C6H5S.3CH3.Sn/c7-6-4-2-1-3-5-6;;;;/h1-4,7H;3*1H3;. The Kier molecular flexibility index (Phi) is 2.92. The summed E-state index contributed by atoms with van der Waals surface area (Å²) >= 11 is 2.59. The fourth-order valence-electron chi connectivity index (χ4n) is 1.11. The molecule has 0 aromatic heterocycles. The van der Waals surface area contributed by atoms with Crippen LogP contribution in [0.25, 0.3) is 0 Å². The van der Waals surface area contributed by atoms with Crippen molar-refractivity contribution in [2.24, 2.45) is 0 Å². The fourth-order valence-corrected chi connectivity index (χ4v) is 7.65. The SMILES string of the molecule is [CH3][Sn]([CH3])([CH3])[c]1ccccc1S. The number of rotatable bonds is 1. The minimum absolute atomic E-state index is 1.18. The third-order valence-electron chi connectivity index (χ3n) is 1.71. The Morgan fingerprint density at radius 2 is 1.64 bits per heavy atom. The van der Waals surface area contributed by atoms with E-state index in [4.69, 9.17) is 0 Å². The van der Waals surface area contributed by atoms with Crippen LogP contribution in [0, 0.1) is 0 Å². The van der Waals surface area contributed by atoms with Crippen LogP contribution >= 0.6 is 12.6 Å². The topological polar surface area (TPSA) is 0 Å². The van der Waals surface area contributed by atoms with Gasteiger partial charge in [0, 0.05) is 0 Å². The van der Waals surface area contributed by atoms with Gasteiger partial charge in [0.15, 0.2) is 0 Å². The number of hydrogen-bond donors (Lipinski definition) is 1. The van der Waals surface area contributed by atoms with Gasteiger partial charge in [0.25, 0.3) is 0 Å². The first kappa shape index (κ1) is 9.46. The van der Waals surface area contributed by atoms with E-state index in [2.05, 4.69) is 45.6 Å². The van der Waals surface area contributed by atoms with Crippen LogP contribution in [-0.4, -0.2) is 18.4 Å².